The van der Waals surface area contributed by atoms with Crippen LogP contribution in [0.5, 0.6) is 0 Å². The Morgan fingerprint density at radius 3 is 2.52 bits per heavy atom. The molecule has 0 radical (unpaired) electrons. The number of fused-ring (bicyclic) bond motifs is 1. The van der Waals surface area contributed by atoms with E-state index < -0.39 is 0 Å². The minimum Gasteiger partial charge on any atom is -0.307 e. The first-order valence-electron chi connectivity index (χ1n) is 9.33. The van der Waals surface area contributed by atoms with E-state index in [2.05, 4.69) is 32.6 Å². The Morgan fingerprint density at radius 2 is 1.88 bits per heavy atom. The summed E-state index contributed by atoms with van der Waals surface area (Å²) < 4.78 is 0. The third-order valence-corrected chi connectivity index (χ3v) is 5.71. The van der Waals surface area contributed by atoms with Crippen molar-refractivity contribution in [3.63, 3.8) is 0 Å². The molecule has 2 N–H and O–H groups in total. The topological polar surface area (TPSA) is 60.0 Å². The van der Waals surface area contributed by atoms with Gasteiger partial charge in [-0.15, -0.1) is 0 Å². The molecule has 4 aliphatic heterocycles. The molecule has 0 spiro atoms. The number of rotatable bonds is 4. The van der Waals surface area contributed by atoms with Crippen LogP contribution in [0, 0.1) is 11.3 Å². The number of amides is 2. The Labute approximate surface area is 149 Å². The quantitative estimate of drug-likeness (QED) is 0.826. The maximum absolute atomic E-state index is 12.2. The molecule has 6 nitrogen and oxygen atoms in total. The van der Waals surface area contributed by atoms with Crippen LogP contribution in [0.4, 0.5) is 10.5 Å². The highest BCUT2D eigenvalue weighted by atomic mass is 16.2. The van der Waals surface area contributed by atoms with E-state index in [0.717, 1.165) is 57.8 Å². The van der Waals surface area contributed by atoms with E-state index in [1.165, 1.54) is 5.71 Å². The normalized spacial score (nSPS) is 34.8. The summed E-state index contributed by atoms with van der Waals surface area (Å²) in [5.74, 6) is 0.438. The molecule has 1 aromatic carbocycles. The van der Waals surface area contributed by atoms with Crippen molar-refractivity contribution in [2.75, 3.05) is 44.6 Å². The molecule has 4 saturated heterocycles. The van der Waals surface area contributed by atoms with E-state index in [-0.39, 0.29) is 11.4 Å². The fourth-order valence-electron chi connectivity index (χ4n) is 4.87. The second kappa shape index (κ2) is 6.77. The first-order valence-corrected chi connectivity index (χ1v) is 9.33. The zero-order chi connectivity index (χ0) is 17.3. The molecule has 0 aromatic heterocycles. The van der Waals surface area contributed by atoms with Crippen molar-refractivity contribution in [2.45, 2.75) is 19.8 Å². The predicted molar refractivity (Wildman–Crippen MR) is 99.7 cm³/mol. The van der Waals surface area contributed by atoms with Crippen LogP contribution in [-0.2, 0) is 0 Å². The van der Waals surface area contributed by atoms with Gasteiger partial charge in [0.2, 0.25) is 0 Å². The van der Waals surface area contributed by atoms with E-state index in [9.17, 15) is 4.79 Å². The van der Waals surface area contributed by atoms with E-state index in [1.54, 1.807) is 0 Å². The molecule has 4 bridgehead atoms. The molecule has 6 heteroatoms. The summed E-state index contributed by atoms with van der Waals surface area (Å²) in [6.45, 7) is 8.87. The van der Waals surface area contributed by atoms with Gasteiger partial charge in [-0.2, -0.15) is 5.10 Å². The van der Waals surface area contributed by atoms with Gasteiger partial charge >= 0.3 is 6.03 Å². The van der Waals surface area contributed by atoms with Gasteiger partial charge < -0.3 is 15.1 Å². The molecule has 4 heterocycles. The number of carbonyl (C=O) groups excluding carboxylic acids is 1. The molecular weight excluding hydrogens is 314 g/mol. The van der Waals surface area contributed by atoms with Crippen molar-refractivity contribution in [1.29, 1.82) is 0 Å². The van der Waals surface area contributed by atoms with Crippen molar-refractivity contribution in [2.24, 2.45) is 16.4 Å². The maximum atomic E-state index is 12.2. The molecule has 2 unspecified atom stereocenters. The molecule has 5 rings (SSSR count). The van der Waals surface area contributed by atoms with Crippen LogP contribution in [0.15, 0.2) is 35.4 Å². The maximum Gasteiger partial charge on any atom is 0.339 e. The summed E-state index contributed by atoms with van der Waals surface area (Å²) in [7, 11) is 0. The lowest BCUT2D eigenvalue weighted by molar-refractivity contribution is 0.109. The van der Waals surface area contributed by atoms with Crippen molar-refractivity contribution in [3.8, 4) is 0 Å². The van der Waals surface area contributed by atoms with E-state index in [0.29, 0.717) is 5.92 Å². The number of anilines is 1. The van der Waals surface area contributed by atoms with Gasteiger partial charge in [-0.3, -0.25) is 0 Å². The molecule has 0 aliphatic carbocycles. The summed E-state index contributed by atoms with van der Waals surface area (Å²) in [6, 6.07) is 9.22. The highest BCUT2D eigenvalue weighted by Gasteiger charge is 2.51. The van der Waals surface area contributed by atoms with Crippen LogP contribution < -0.4 is 10.7 Å². The largest absolute Gasteiger partial charge is 0.339 e. The zero-order valence-electron chi connectivity index (χ0n) is 14.9. The monoisotopic (exact) mass is 341 g/mol. The molecular formula is C19H27N5O. The number of benzene rings is 1. The standard InChI is InChI=1S/C19H27N5O/c1-2-8-19-13-23-9-10-24(14-19)12-15(11-23)17(19)21-22-18(25)20-16-6-4-3-5-7-16/h3-7,15H,2,8-14H2,1H3,(H2,20,22,25)/b21-17-. The Kier molecular flexibility index (Phi) is 4.48. The average molecular weight is 341 g/mol. The van der Waals surface area contributed by atoms with Gasteiger partial charge in [0.05, 0.1) is 5.71 Å². The molecule has 2 amide bonds. The Morgan fingerprint density at radius 1 is 1.20 bits per heavy atom. The van der Waals surface area contributed by atoms with Gasteiger partial charge in [-0.1, -0.05) is 31.5 Å². The highest BCUT2D eigenvalue weighted by molar-refractivity contribution is 5.96. The Hall–Kier alpha value is -1.92. The van der Waals surface area contributed by atoms with Crippen molar-refractivity contribution in [3.05, 3.63) is 30.3 Å². The van der Waals surface area contributed by atoms with Crippen LogP contribution in [-0.4, -0.2) is 60.8 Å². The number of carbonyl (C=O) groups is 1. The number of hydrazone groups is 1. The van der Waals surface area contributed by atoms with Crippen LogP contribution in [0.3, 0.4) is 0 Å². The molecule has 4 aliphatic rings. The molecule has 134 valence electrons. The lowest BCUT2D eigenvalue weighted by Gasteiger charge is -2.50. The highest BCUT2D eigenvalue weighted by Crippen LogP contribution is 2.41. The van der Waals surface area contributed by atoms with Gasteiger partial charge in [0.1, 0.15) is 0 Å². The van der Waals surface area contributed by atoms with Gasteiger partial charge in [-0.25, -0.2) is 10.2 Å². The molecule has 2 atom stereocenters. The second-order valence-corrected chi connectivity index (χ2v) is 7.63. The summed E-state index contributed by atoms with van der Waals surface area (Å²) in [6.07, 6.45) is 2.28. The number of nitrogens with one attached hydrogen (secondary N) is 2. The number of nitrogens with zero attached hydrogens (tertiary/aromatic N) is 3. The van der Waals surface area contributed by atoms with Crippen molar-refractivity contribution in [1.82, 2.24) is 15.2 Å². The first-order chi connectivity index (χ1) is 12.2. The van der Waals surface area contributed by atoms with E-state index in [4.69, 9.17) is 0 Å². The number of para-hydroxylation sites is 1. The summed E-state index contributed by atoms with van der Waals surface area (Å²) in [5, 5.41) is 7.50. The lowest BCUT2D eigenvalue weighted by atomic mass is 9.68. The fraction of sp³-hybridized carbons (Fsp3) is 0.579. The predicted octanol–water partition coefficient (Wildman–Crippen LogP) is 2.21. The fourth-order valence-corrected chi connectivity index (χ4v) is 4.87. The SMILES string of the molecule is CCCC12CN3CCN(CC(C3)/C1=N/NC(=O)Nc1ccccc1)C2. The van der Waals surface area contributed by atoms with Crippen LogP contribution in [0.2, 0.25) is 0 Å². The minimum atomic E-state index is -0.266. The Bertz CT molecular complexity index is 643. The molecule has 4 fully saturated rings. The number of urea groups is 1. The average Bonchev–Trinajstić information content (AvgIpc) is 2.83. The van der Waals surface area contributed by atoms with Gasteiger partial charge in [0.25, 0.3) is 0 Å². The first kappa shape index (κ1) is 16.5. The summed E-state index contributed by atoms with van der Waals surface area (Å²) in [4.78, 5) is 17.4. The molecule has 0 saturated carbocycles. The summed E-state index contributed by atoms with van der Waals surface area (Å²) in [5.41, 5.74) is 4.86. The van der Waals surface area contributed by atoms with Crippen LogP contribution in [0.1, 0.15) is 19.8 Å². The van der Waals surface area contributed by atoms with E-state index in [1.807, 2.05) is 30.3 Å². The van der Waals surface area contributed by atoms with Crippen molar-refractivity contribution < 1.29 is 4.79 Å². The lowest BCUT2D eigenvalue weighted by Crippen LogP contribution is -2.61. The Balaban J connectivity index is 1.51. The molecule has 25 heavy (non-hydrogen) atoms. The second-order valence-electron chi connectivity index (χ2n) is 7.63. The van der Waals surface area contributed by atoms with Crippen LogP contribution in [0.25, 0.3) is 0 Å². The minimum absolute atomic E-state index is 0.104. The summed E-state index contributed by atoms with van der Waals surface area (Å²) >= 11 is 0. The van der Waals surface area contributed by atoms with Gasteiger partial charge in [0.15, 0.2) is 0 Å². The van der Waals surface area contributed by atoms with Gasteiger partial charge in [0, 0.05) is 56.3 Å². The zero-order valence-corrected chi connectivity index (χ0v) is 14.9. The number of hydrogen-bond donors (Lipinski definition) is 2. The van der Waals surface area contributed by atoms with Crippen LogP contribution >= 0.6 is 0 Å². The van der Waals surface area contributed by atoms with E-state index >= 15 is 0 Å². The van der Waals surface area contributed by atoms with Gasteiger partial charge in [-0.05, 0) is 18.6 Å². The number of hydrogen-bond acceptors (Lipinski definition) is 4. The third-order valence-electron chi connectivity index (χ3n) is 5.71. The smallest absolute Gasteiger partial charge is 0.307 e. The third kappa shape index (κ3) is 3.28. The molecule has 1 aromatic rings. The number of piperidine rings is 2. The van der Waals surface area contributed by atoms with Crippen molar-refractivity contribution >= 4 is 17.4 Å².